The molecule has 1 heterocycles. The summed E-state index contributed by atoms with van der Waals surface area (Å²) in [4.78, 5) is 15.2. The van der Waals surface area contributed by atoms with Gasteiger partial charge in [0.2, 0.25) is 5.91 Å². The summed E-state index contributed by atoms with van der Waals surface area (Å²) < 4.78 is 0. The normalized spacial score (nSPS) is 16.7. The van der Waals surface area contributed by atoms with Crippen molar-refractivity contribution in [2.75, 3.05) is 6.54 Å². The third-order valence-corrected chi connectivity index (χ3v) is 10.9. The molecule has 28 heavy (non-hydrogen) atoms. The fourth-order valence-corrected chi connectivity index (χ4v) is 9.71. The summed E-state index contributed by atoms with van der Waals surface area (Å²) in [5.41, 5.74) is -0.120. The molecule has 1 amide bonds. The van der Waals surface area contributed by atoms with Gasteiger partial charge in [0.15, 0.2) is 8.07 Å². The van der Waals surface area contributed by atoms with Gasteiger partial charge in [-0.3, -0.25) is 4.79 Å². The number of hydrogen-bond donors (Lipinski definition) is 0. The standard InChI is InChI=1S/C25H27NOSi/c1-25(2,3)24(27)26-19-23(26)28(20-13-7-4-8-14-20,21-15-9-5-10-16-21)22-17-11-6-12-18-22/h4-18,23H,19H2,1-3H3. The van der Waals surface area contributed by atoms with Gasteiger partial charge in [-0.15, -0.1) is 0 Å². The molecule has 1 fully saturated rings. The van der Waals surface area contributed by atoms with Crippen LogP contribution in [0, 0.1) is 5.41 Å². The van der Waals surface area contributed by atoms with E-state index in [2.05, 4.69) is 95.9 Å². The number of carbonyl (C=O) groups is 1. The Morgan fingerprint density at radius 2 is 1.11 bits per heavy atom. The number of hydrogen-bond acceptors (Lipinski definition) is 1. The van der Waals surface area contributed by atoms with Crippen LogP contribution in [0.5, 0.6) is 0 Å². The zero-order valence-electron chi connectivity index (χ0n) is 16.8. The minimum absolute atomic E-state index is 0.242. The SMILES string of the molecule is CC(C)(C)C(=O)N1CC1[Si](c1ccccc1)(c1ccccc1)c1ccccc1. The molecule has 4 rings (SSSR count). The first-order chi connectivity index (χ1) is 13.5. The molecule has 0 spiro atoms. The van der Waals surface area contributed by atoms with Crippen LogP contribution in [0.2, 0.25) is 0 Å². The van der Waals surface area contributed by atoms with E-state index < -0.39 is 8.07 Å². The maximum atomic E-state index is 13.1. The van der Waals surface area contributed by atoms with E-state index in [1.54, 1.807) is 0 Å². The fourth-order valence-electron chi connectivity index (χ4n) is 4.35. The summed E-state index contributed by atoms with van der Waals surface area (Å²) in [6.07, 6.45) is 0. The van der Waals surface area contributed by atoms with Gasteiger partial charge in [-0.2, -0.15) is 0 Å². The monoisotopic (exact) mass is 385 g/mol. The Kier molecular flexibility index (Phi) is 4.72. The van der Waals surface area contributed by atoms with E-state index in [9.17, 15) is 4.79 Å². The number of rotatable bonds is 4. The molecule has 1 aliphatic heterocycles. The summed E-state index contributed by atoms with van der Waals surface area (Å²) in [6.45, 7) is 6.88. The molecule has 3 aromatic carbocycles. The van der Waals surface area contributed by atoms with Gasteiger partial charge in [-0.05, 0) is 15.6 Å². The maximum Gasteiger partial charge on any atom is 0.228 e. The lowest BCUT2D eigenvalue weighted by atomic mass is 9.96. The smallest absolute Gasteiger partial charge is 0.228 e. The highest BCUT2D eigenvalue weighted by molar-refractivity contribution is 7.13. The Balaban J connectivity index is 1.95. The molecular weight excluding hydrogens is 358 g/mol. The molecule has 0 N–H and O–H groups in total. The van der Waals surface area contributed by atoms with Gasteiger partial charge in [0, 0.05) is 12.0 Å². The van der Waals surface area contributed by atoms with Crippen molar-refractivity contribution in [1.82, 2.24) is 4.90 Å². The summed E-state index contributed by atoms with van der Waals surface area (Å²) in [7, 11) is -2.39. The largest absolute Gasteiger partial charge is 0.337 e. The zero-order valence-corrected chi connectivity index (χ0v) is 17.8. The van der Waals surface area contributed by atoms with Crippen molar-refractivity contribution in [2.45, 2.75) is 26.4 Å². The molecule has 2 nitrogen and oxygen atoms in total. The van der Waals surface area contributed by atoms with Gasteiger partial charge < -0.3 is 4.90 Å². The highest BCUT2D eigenvalue weighted by atomic mass is 28.3. The number of carbonyl (C=O) groups excluding carboxylic acids is 1. The molecule has 0 aromatic heterocycles. The van der Waals surface area contributed by atoms with Crippen LogP contribution in [0.1, 0.15) is 20.8 Å². The first-order valence-electron chi connectivity index (χ1n) is 9.93. The van der Waals surface area contributed by atoms with E-state index >= 15 is 0 Å². The van der Waals surface area contributed by atoms with Crippen molar-refractivity contribution in [2.24, 2.45) is 5.41 Å². The quantitative estimate of drug-likeness (QED) is 0.384. The predicted molar refractivity (Wildman–Crippen MR) is 119 cm³/mol. The maximum absolute atomic E-state index is 13.1. The van der Waals surface area contributed by atoms with Crippen LogP contribution in [0.4, 0.5) is 0 Å². The number of nitrogens with zero attached hydrogens (tertiary/aromatic N) is 1. The minimum atomic E-state index is -2.39. The second kappa shape index (κ2) is 7.06. The first kappa shape index (κ1) is 18.7. The molecular formula is C25H27NOSi. The van der Waals surface area contributed by atoms with Crippen LogP contribution in [0.3, 0.4) is 0 Å². The Bertz CT molecular complexity index is 851. The Hall–Kier alpha value is -2.65. The van der Waals surface area contributed by atoms with Crippen molar-refractivity contribution >= 4 is 29.5 Å². The average molecular weight is 386 g/mol. The van der Waals surface area contributed by atoms with E-state index in [0.29, 0.717) is 0 Å². The molecule has 0 saturated carbocycles. The van der Waals surface area contributed by atoms with E-state index in [-0.39, 0.29) is 17.0 Å². The Morgan fingerprint density at radius 3 is 1.43 bits per heavy atom. The van der Waals surface area contributed by atoms with Crippen LogP contribution >= 0.6 is 0 Å². The van der Waals surface area contributed by atoms with E-state index in [1.807, 2.05) is 20.8 Å². The number of benzene rings is 3. The topological polar surface area (TPSA) is 20.1 Å². The number of amides is 1. The second-order valence-electron chi connectivity index (χ2n) is 8.63. The predicted octanol–water partition coefficient (Wildman–Crippen LogP) is 2.95. The van der Waals surface area contributed by atoms with Crippen molar-refractivity contribution in [3.05, 3.63) is 91.0 Å². The van der Waals surface area contributed by atoms with Crippen LogP contribution in [-0.2, 0) is 4.79 Å². The fraction of sp³-hybridized carbons (Fsp3) is 0.240. The van der Waals surface area contributed by atoms with Crippen LogP contribution in [-0.4, -0.2) is 31.1 Å². The van der Waals surface area contributed by atoms with Gasteiger partial charge in [0.25, 0.3) is 0 Å². The average Bonchev–Trinajstić information content (AvgIpc) is 3.51. The van der Waals surface area contributed by atoms with Crippen molar-refractivity contribution in [3.8, 4) is 0 Å². The molecule has 0 radical (unpaired) electrons. The molecule has 0 bridgehead atoms. The van der Waals surface area contributed by atoms with Crippen LogP contribution < -0.4 is 15.6 Å². The van der Waals surface area contributed by atoms with E-state index in [4.69, 9.17) is 0 Å². The summed E-state index contributed by atoms with van der Waals surface area (Å²) in [5, 5.41) is 4.09. The van der Waals surface area contributed by atoms with Crippen molar-refractivity contribution in [1.29, 1.82) is 0 Å². The van der Waals surface area contributed by atoms with E-state index in [1.165, 1.54) is 15.6 Å². The second-order valence-corrected chi connectivity index (χ2v) is 12.6. The third kappa shape index (κ3) is 3.10. The summed E-state index contributed by atoms with van der Waals surface area (Å²) in [6, 6.07) is 32.5. The third-order valence-electron chi connectivity index (χ3n) is 5.70. The van der Waals surface area contributed by atoms with Gasteiger partial charge in [-0.1, -0.05) is 112 Å². The first-order valence-corrected chi connectivity index (χ1v) is 12.0. The zero-order chi connectivity index (χ0) is 19.8. The molecule has 1 aliphatic rings. The lowest BCUT2D eigenvalue weighted by Gasteiger charge is -2.34. The molecule has 1 atom stereocenters. The molecule has 1 saturated heterocycles. The highest BCUT2D eigenvalue weighted by Crippen LogP contribution is 2.33. The van der Waals surface area contributed by atoms with Gasteiger partial charge >= 0.3 is 0 Å². The van der Waals surface area contributed by atoms with Crippen molar-refractivity contribution < 1.29 is 4.79 Å². The molecule has 3 aromatic rings. The highest BCUT2D eigenvalue weighted by Gasteiger charge is 2.59. The summed E-state index contributed by atoms with van der Waals surface area (Å²) >= 11 is 0. The van der Waals surface area contributed by atoms with E-state index in [0.717, 1.165) is 6.54 Å². The van der Waals surface area contributed by atoms with Gasteiger partial charge in [-0.25, -0.2) is 0 Å². The van der Waals surface area contributed by atoms with Crippen LogP contribution in [0.15, 0.2) is 91.0 Å². The molecule has 3 heteroatoms. The lowest BCUT2D eigenvalue weighted by Crippen LogP contribution is -2.72. The van der Waals surface area contributed by atoms with Gasteiger partial charge in [0.05, 0.1) is 5.67 Å². The minimum Gasteiger partial charge on any atom is -0.337 e. The lowest BCUT2D eigenvalue weighted by molar-refractivity contribution is -0.133. The van der Waals surface area contributed by atoms with Gasteiger partial charge in [0.1, 0.15) is 0 Å². The summed E-state index contributed by atoms with van der Waals surface area (Å²) in [5.74, 6) is 0.247. The Labute approximate surface area is 168 Å². The molecule has 0 aliphatic carbocycles. The van der Waals surface area contributed by atoms with Crippen molar-refractivity contribution in [3.63, 3.8) is 0 Å². The molecule has 142 valence electrons. The Morgan fingerprint density at radius 1 is 0.750 bits per heavy atom. The molecule has 1 unspecified atom stereocenters. The van der Waals surface area contributed by atoms with Crippen LogP contribution in [0.25, 0.3) is 0 Å².